The van der Waals surface area contributed by atoms with Crippen molar-refractivity contribution in [3.05, 3.63) is 35.9 Å². The molecule has 23 heavy (non-hydrogen) atoms. The Bertz CT molecular complexity index is 530. The van der Waals surface area contributed by atoms with Gasteiger partial charge in [0.15, 0.2) is 0 Å². The number of benzene rings is 1. The summed E-state index contributed by atoms with van der Waals surface area (Å²) in [6.45, 7) is 5.19. The van der Waals surface area contributed by atoms with Gasteiger partial charge in [0.05, 0.1) is 6.04 Å². The largest absolute Gasteiger partial charge is 0.350 e. The summed E-state index contributed by atoms with van der Waals surface area (Å²) >= 11 is 0. The van der Waals surface area contributed by atoms with E-state index in [1.165, 1.54) is 0 Å². The van der Waals surface area contributed by atoms with E-state index in [-0.39, 0.29) is 17.9 Å². The Morgan fingerprint density at radius 3 is 2.65 bits per heavy atom. The Labute approximate surface area is 138 Å². The molecule has 2 rings (SSSR count). The van der Waals surface area contributed by atoms with E-state index in [4.69, 9.17) is 5.73 Å². The first-order valence-corrected chi connectivity index (χ1v) is 8.36. The minimum atomic E-state index is -0.516. The van der Waals surface area contributed by atoms with Crippen molar-refractivity contribution in [3.63, 3.8) is 0 Å². The van der Waals surface area contributed by atoms with E-state index in [1.807, 2.05) is 44.2 Å². The summed E-state index contributed by atoms with van der Waals surface area (Å²) in [6, 6.07) is 8.86. The normalized spacial score (nSPS) is 19.0. The Balaban J connectivity index is 1.92. The summed E-state index contributed by atoms with van der Waals surface area (Å²) in [6.07, 6.45) is 2.21. The Kier molecular flexibility index (Phi) is 6.16. The quantitative estimate of drug-likeness (QED) is 0.838. The highest BCUT2D eigenvalue weighted by atomic mass is 16.2. The first-order valence-electron chi connectivity index (χ1n) is 8.36. The van der Waals surface area contributed by atoms with Gasteiger partial charge in [-0.05, 0) is 30.7 Å². The second kappa shape index (κ2) is 8.11. The van der Waals surface area contributed by atoms with Crippen LogP contribution in [0.4, 0.5) is 0 Å². The highest BCUT2D eigenvalue weighted by Gasteiger charge is 2.35. The first kappa shape index (κ1) is 17.5. The van der Waals surface area contributed by atoms with Crippen LogP contribution in [0.15, 0.2) is 30.3 Å². The second-order valence-electron chi connectivity index (χ2n) is 6.63. The zero-order chi connectivity index (χ0) is 16.8. The fourth-order valence-corrected chi connectivity index (χ4v) is 3.03. The minimum absolute atomic E-state index is 0.0866. The topological polar surface area (TPSA) is 75.4 Å². The van der Waals surface area contributed by atoms with Crippen molar-refractivity contribution in [1.82, 2.24) is 10.2 Å². The molecular formula is C18H27N3O2. The Morgan fingerprint density at radius 1 is 1.30 bits per heavy atom. The smallest absolute Gasteiger partial charge is 0.243 e. The van der Waals surface area contributed by atoms with Crippen molar-refractivity contribution in [2.75, 3.05) is 6.54 Å². The summed E-state index contributed by atoms with van der Waals surface area (Å²) in [5.41, 5.74) is 7.05. The van der Waals surface area contributed by atoms with Crippen LogP contribution in [-0.2, 0) is 16.1 Å². The number of likely N-dealkylation sites (tertiary alicyclic amines) is 1. The Morgan fingerprint density at radius 2 is 2.00 bits per heavy atom. The molecule has 1 aliphatic rings. The van der Waals surface area contributed by atoms with Crippen LogP contribution >= 0.6 is 0 Å². The number of nitrogens with one attached hydrogen (secondary N) is 1. The van der Waals surface area contributed by atoms with Crippen LogP contribution in [0.5, 0.6) is 0 Å². The van der Waals surface area contributed by atoms with Crippen LogP contribution in [0.3, 0.4) is 0 Å². The molecule has 2 atom stereocenters. The average molecular weight is 317 g/mol. The van der Waals surface area contributed by atoms with Gasteiger partial charge in [0.25, 0.3) is 0 Å². The summed E-state index contributed by atoms with van der Waals surface area (Å²) < 4.78 is 0. The molecule has 0 unspecified atom stereocenters. The van der Waals surface area contributed by atoms with Crippen molar-refractivity contribution in [2.45, 2.75) is 51.7 Å². The molecule has 0 aliphatic carbocycles. The van der Waals surface area contributed by atoms with Crippen LogP contribution in [0.2, 0.25) is 0 Å². The average Bonchev–Trinajstić information content (AvgIpc) is 3.01. The van der Waals surface area contributed by atoms with Crippen LogP contribution in [0.1, 0.15) is 38.7 Å². The van der Waals surface area contributed by atoms with E-state index in [0.29, 0.717) is 31.8 Å². The molecule has 0 radical (unpaired) electrons. The predicted molar refractivity (Wildman–Crippen MR) is 90.5 cm³/mol. The summed E-state index contributed by atoms with van der Waals surface area (Å²) in [7, 11) is 0. The third kappa shape index (κ3) is 4.79. The monoisotopic (exact) mass is 317 g/mol. The number of hydrogen-bond donors (Lipinski definition) is 2. The van der Waals surface area contributed by atoms with Crippen molar-refractivity contribution in [2.24, 2.45) is 11.7 Å². The molecule has 1 aromatic rings. The number of rotatable bonds is 6. The van der Waals surface area contributed by atoms with Gasteiger partial charge in [-0.3, -0.25) is 9.59 Å². The van der Waals surface area contributed by atoms with Gasteiger partial charge in [0.1, 0.15) is 6.04 Å². The SMILES string of the molecule is CC(C)C[C@H](N)C(=O)N1CCC[C@H]1C(=O)NCc1ccccc1. The molecule has 0 bridgehead atoms. The zero-order valence-electron chi connectivity index (χ0n) is 14.0. The molecule has 1 heterocycles. The van der Waals surface area contributed by atoms with Crippen molar-refractivity contribution >= 4 is 11.8 Å². The van der Waals surface area contributed by atoms with E-state index in [1.54, 1.807) is 4.90 Å². The number of nitrogens with zero attached hydrogens (tertiary/aromatic N) is 1. The second-order valence-corrected chi connectivity index (χ2v) is 6.63. The Hall–Kier alpha value is -1.88. The van der Waals surface area contributed by atoms with Gasteiger partial charge in [-0.15, -0.1) is 0 Å². The molecule has 1 aromatic carbocycles. The van der Waals surface area contributed by atoms with Gasteiger partial charge in [-0.1, -0.05) is 44.2 Å². The van der Waals surface area contributed by atoms with Gasteiger partial charge >= 0.3 is 0 Å². The lowest BCUT2D eigenvalue weighted by Crippen LogP contribution is -2.51. The number of nitrogens with two attached hydrogens (primary N) is 1. The van der Waals surface area contributed by atoms with Gasteiger partial charge in [0.2, 0.25) is 11.8 Å². The molecule has 2 amide bonds. The molecule has 3 N–H and O–H groups in total. The standard InChI is InChI=1S/C18H27N3O2/c1-13(2)11-15(19)18(23)21-10-6-9-16(21)17(22)20-12-14-7-4-3-5-8-14/h3-5,7-8,13,15-16H,6,9-12,19H2,1-2H3,(H,20,22)/t15-,16-/m0/s1. The van der Waals surface area contributed by atoms with Crippen molar-refractivity contribution in [3.8, 4) is 0 Å². The van der Waals surface area contributed by atoms with Gasteiger partial charge in [0, 0.05) is 13.1 Å². The lowest BCUT2D eigenvalue weighted by molar-refractivity contribution is -0.139. The summed E-state index contributed by atoms with van der Waals surface area (Å²) in [5.74, 6) is 0.175. The van der Waals surface area contributed by atoms with Gasteiger partial charge in [-0.25, -0.2) is 0 Å². The minimum Gasteiger partial charge on any atom is -0.350 e. The summed E-state index contributed by atoms with van der Waals surface area (Å²) in [4.78, 5) is 26.6. The van der Waals surface area contributed by atoms with Gasteiger partial charge < -0.3 is 16.0 Å². The fourth-order valence-electron chi connectivity index (χ4n) is 3.03. The van der Waals surface area contributed by atoms with Crippen LogP contribution in [0, 0.1) is 5.92 Å². The molecule has 126 valence electrons. The van der Waals surface area contributed by atoms with E-state index in [2.05, 4.69) is 5.32 Å². The maximum absolute atomic E-state index is 12.5. The van der Waals surface area contributed by atoms with E-state index < -0.39 is 6.04 Å². The van der Waals surface area contributed by atoms with Crippen LogP contribution in [0.25, 0.3) is 0 Å². The van der Waals surface area contributed by atoms with E-state index >= 15 is 0 Å². The predicted octanol–water partition coefficient (Wildman–Crippen LogP) is 1.67. The third-order valence-corrected chi connectivity index (χ3v) is 4.19. The first-order chi connectivity index (χ1) is 11.0. The molecule has 1 saturated heterocycles. The number of carbonyl (C=O) groups excluding carboxylic acids is 2. The molecule has 0 saturated carbocycles. The third-order valence-electron chi connectivity index (χ3n) is 4.19. The van der Waals surface area contributed by atoms with E-state index in [9.17, 15) is 9.59 Å². The lowest BCUT2D eigenvalue weighted by atomic mass is 10.0. The van der Waals surface area contributed by atoms with Gasteiger partial charge in [-0.2, -0.15) is 0 Å². The van der Waals surface area contributed by atoms with Crippen molar-refractivity contribution < 1.29 is 9.59 Å². The van der Waals surface area contributed by atoms with Crippen LogP contribution in [-0.4, -0.2) is 35.3 Å². The molecule has 0 spiro atoms. The molecular weight excluding hydrogens is 290 g/mol. The molecule has 1 fully saturated rings. The van der Waals surface area contributed by atoms with E-state index in [0.717, 1.165) is 12.0 Å². The van der Waals surface area contributed by atoms with Crippen LogP contribution < -0.4 is 11.1 Å². The molecule has 5 nitrogen and oxygen atoms in total. The van der Waals surface area contributed by atoms with Crippen molar-refractivity contribution in [1.29, 1.82) is 0 Å². The fraction of sp³-hybridized carbons (Fsp3) is 0.556. The molecule has 0 aromatic heterocycles. The molecule has 1 aliphatic heterocycles. The highest BCUT2D eigenvalue weighted by Crippen LogP contribution is 2.19. The maximum atomic E-state index is 12.5. The zero-order valence-corrected chi connectivity index (χ0v) is 14.0. The maximum Gasteiger partial charge on any atom is 0.243 e. The number of hydrogen-bond acceptors (Lipinski definition) is 3. The lowest BCUT2D eigenvalue weighted by Gasteiger charge is -2.27. The highest BCUT2D eigenvalue weighted by molar-refractivity contribution is 5.90. The molecule has 5 heteroatoms. The number of amides is 2. The summed E-state index contributed by atoms with van der Waals surface area (Å²) in [5, 5.41) is 2.93. The number of carbonyl (C=O) groups is 2.